The van der Waals surface area contributed by atoms with Crippen LogP contribution in [-0.4, -0.2) is 6.54 Å². The number of rotatable bonds is 7. The largest absolute Gasteiger partial charge is 0.313 e. The average molecular weight is 340 g/mol. The second kappa shape index (κ2) is 11.9. The molecular formula is C24H37N. The van der Waals surface area contributed by atoms with Gasteiger partial charge in [0.1, 0.15) is 0 Å². The molecule has 1 N–H and O–H groups in total. The minimum Gasteiger partial charge on any atom is -0.313 e. The molecule has 0 amide bonds. The molecule has 0 fully saturated rings. The highest BCUT2D eigenvalue weighted by Gasteiger charge is 2.00. The second-order valence-corrected chi connectivity index (χ2v) is 7.56. The Morgan fingerprint density at radius 1 is 0.800 bits per heavy atom. The molecule has 0 aliphatic heterocycles. The van der Waals surface area contributed by atoms with Gasteiger partial charge in [-0.15, -0.1) is 0 Å². The zero-order valence-electron chi connectivity index (χ0n) is 17.1. The highest BCUT2D eigenvalue weighted by atomic mass is 14.8. The maximum atomic E-state index is 3.45. The molecule has 0 aliphatic rings. The van der Waals surface area contributed by atoms with Crippen LogP contribution >= 0.6 is 0 Å². The Balaban J connectivity index is 0.000000257. The zero-order valence-corrected chi connectivity index (χ0v) is 17.1. The predicted octanol–water partition coefficient (Wildman–Crippen LogP) is 6.64. The summed E-state index contributed by atoms with van der Waals surface area (Å²) in [4.78, 5) is 0. The molecule has 0 heterocycles. The van der Waals surface area contributed by atoms with Crippen LogP contribution in [0.15, 0.2) is 48.5 Å². The van der Waals surface area contributed by atoms with Gasteiger partial charge in [-0.05, 0) is 56.2 Å². The zero-order chi connectivity index (χ0) is 18.7. The lowest BCUT2D eigenvalue weighted by Gasteiger charge is -2.07. The van der Waals surface area contributed by atoms with Crippen LogP contribution in [0.4, 0.5) is 0 Å². The first-order valence-corrected chi connectivity index (χ1v) is 9.75. The van der Waals surface area contributed by atoms with Crippen LogP contribution in [0.3, 0.4) is 0 Å². The Kier molecular flexibility index (Phi) is 10.2. The van der Waals surface area contributed by atoms with Crippen LogP contribution in [0.25, 0.3) is 0 Å². The lowest BCUT2D eigenvalue weighted by molar-refractivity contribution is 0.537. The lowest BCUT2D eigenvalue weighted by Crippen LogP contribution is -2.16. The van der Waals surface area contributed by atoms with Crippen molar-refractivity contribution in [3.05, 3.63) is 70.8 Å². The molecule has 0 bridgehead atoms. The van der Waals surface area contributed by atoms with Crippen molar-refractivity contribution >= 4 is 0 Å². The van der Waals surface area contributed by atoms with E-state index in [1.54, 1.807) is 0 Å². The average Bonchev–Trinajstić information content (AvgIpc) is 2.60. The molecule has 1 heteroatoms. The minimum atomic E-state index is 0.704. The summed E-state index contributed by atoms with van der Waals surface area (Å²) in [7, 11) is 0. The Morgan fingerprint density at radius 3 is 1.80 bits per heavy atom. The van der Waals surface area contributed by atoms with Crippen molar-refractivity contribution < 1.29 is 0 Å². The van der Waals surface area contributed by atoms with Crippen LogP contribution < -0.4 is 5.32 Å². The fraction of sp³-hybridized carbons (Fsp3) is 0.500. The molecule has 2 aromatic carbocycles. The van der Waals surface area contributed by atoms with Crippen molar-refractivity contribution in [2.75, 3.05) is 6.54 Å². The van der Waals surface area contributed by atoms with Gasteiger partial charge in [0.05, 0.1) is 0 Å². The first kappa shape index (κ1) is 21.4. The van der Waals surface area contributed by atoms with Crippen molar-refractivity contribution in [3.63, 3.8) is 0 Å². The summed E-state index contributed by atoms with van der Waals surface area (Å²) in [6.45, 7) is 15.4. The quantitative estimate of drug-likeness (QED) is 0.558. The molecular weight excluding hydrogens is 302 g/mol. The van der Waals surface area contributed by atoms with E-state index in [4.69, 9.17) is 0 Å². The monoisotopic (exact) mass is 339 g/mol. The van der Waals surface area contributed by atoms with Crippen LogP contribution in [0.2, 0.25) is 0 Å². The molecule has 0 aliphatic carbocycles. The number of hydrogen-bond acceptors (Lipinski definition) is 1. The number of benzene rings is 2. The van der Waals surface area contributed by atoms with Gasteiger partial charge < -0.3 is 5.32 Å². The smallest absolute Gasteiger partial charge is 0.0205 e. The van der Waals surface area contributed by atoms with Gasteiger partial charge >= 0.3 is 0 Å². The van der Waals surface area contributed by atoms with E-state index in [2.05, 4.69) is 95.4 Å². The predicted molar refractivity (Wildman–Crippen MR) is 112 cm³/mol. The van der Waals surface area contributed by atoms with Gasteiger partial charge in [0, 0.05) is 6.54 Å². The third-order valence-corrected chi connectivity index (χ3v) is 4.61. The number of aryl methyl sites for hydroxylation is 2. The van der Waals surface area contributed by atoms with Crippen LogP contribution in [0.1, 0.15) is 68.7 Å². The summed E-state index contributed by atoms with van der Waals surface area (Å²) in [6.07, 6.45) is 2.48. The summed E-state index contributed by atoms with van der Waals surface area (Å²) in [5, 5.41) is 3.45. The van der Waals surface area contributed by atoms with Crippen LogP contribution in [0.5, 0.6) is 0 Å². The topological polar surface area (TPSA) is 12.0 Å². The maximum absolute atomic E-state index is 3.45. The standard InChI is InChI=1S/C13H21N.C11H16/c1-11(2)8-9-14-10-13-6-4-12(3)5-7-13;1-4-10(3)11-7-5-9(2)6-8-11/h4-7,11,14H,8-10H2,1-3H3;5-8,10H,4H2,1-3H3. The van der Waals surface area contributed by atoms with Crippen LogP contribution in [0, 0.1) is 19.8 Å². The third kappa shape index (κ3) is 9.45. The highest BCUT2D eigenvalue weighted by molar-refractivity contribution is 5.23. The Hall–Kier alpha value is -1.60. The van der Waals surface area contributed by atoms with Gasteiger partial charge in [-0.3, -0.25) is 0 Å². The maximum Gasteiger partial charge on any atom is 0.0205 e. The molecule has 138 valence electrons. The van der Waals surface area contributed by atoms with Gasteiger partial charge in [-0.25, -0.2) is 0 Å². The Labute approximate surface area is 155 Å². The van der Waals surface area contributed by atoms with E-state index >= 15 is 0 Å². The summed E-state index contributed by atoms with van der Waals surface area (Å²) < 4.78 is 0. The fourth-order valence-electron chi connectivity index (χ4n) is 2.46. The molecule has 1 unspecified atom stereocenters. The third-order valence-electron chi connectivity index (χ3n) is 4.61. The van der Waals surface area contributed by atoms with Crippen molar-refractivity contribution in [2.24, 2.45) is 5.92 Å². The van der Waals surface area contributed by atoms with E-state index in [0.29, 0.717) is 5.92 Å². The molecule has 0 saturated carbocycles. The molecule has 2 aromatic rings. The van der Waals surface area contributed by atoms with E-state index in [1.807, 2.05) is 0 Å². The van der Waals surface area contributed by atoms with Gasteiger partial charge in [0.25, 0.3) is 0 Å². The first-order chi connectivity index (χ1) is 11.9. The van der Waals surface area contributed by atoms with Crippen LogP contribution in [-0.2, 0) is 6.54 Å². The van der Waals surface area contributed by atoms with Gasteiger partial charge in [0.15, 0.2) is 0 Å². The molecule has 25 heavy (non-hydrogen) atoms. The number of hydrogen-bond donors (Lipinski definition) is 1. The van der Waals surface area contributed by atoms with Crippen molar-refractivity contribution in [3.8, 4) is 0 Å². The van der Waals surface area contributed by atoms with Gasteiger partial charge in [0.2, 0.25) is 0 Å². The Morgan fingerprint density at radius 2 is 1.32 bits per heavy atom. The first-order valence-electron chi connectivity index (χ1n) is 9.75. The van der Waals surface area contributed by atoms with Crippen molar-refractivity contribution in [1.29, 1.82) is 0 Å². The summed E-state index contributed by atoms with van der Waals surface area (Å²) in [5.41, 5.74) is 5.51. The molecule has 2 rings (SSSR count). The molecule has 0 radical (unpaired) electrons. The van der Waals surface area contributed by atoms with Gasteiger partial charge in [-0.1, -0.05) is 87.4 Å². The van der Waals surface area contributed by atoms with Gasteiger partial charge in [-0.2, -0.15) is 0 Å². The SMILES string of the molecule is CCC(C)c1ccc(C)cc1.Cc1ccc(CNCCC(C)C)cc1. The van der Waals surface area contributed by atoms with E-state index in [0.717, 1.165) is 19.0 Å². The molecule has 0 aromatic heterocycles. The van der Waals surface area contributed by atoms with Crippen molar-refractivity contribution in [2.45, 2.75) is 66.8 Å². The summed E-state index contributed by atoms with van der Waals surface area (Å²) >= 11 is 0. The second-order valence-electron chi connectivity index (χ2n) is 7.56. The van der Waals surface area contributed by atoms with Crippen molar-refractivity contribution in [1.82, 2.24) is 5.32 Å². The van der Waals surface area contributed by atoms with E-state index < -0.39 is 0 Å². The molecule has 0 saturated heterocycles. The normalized spacial score (nSPS) is 11.8. The van der Waals surface area contributed by atoms with E-state index in [-0.39, 0.29) is 0 Å². The summed E-state index contributed by atoms with van der Waals surface area (Å²) in [6, 6.07) is 17.5. The molecule has 1 atom stereocenters. The highest BCUT2D eigenvalue weighted by Crippen LogP contribution is 2.18. The molecule has 1 nitrogen and oxygen atoms in total. The van der Waals surface area contributed by atoms with E-state index in [9.17, 15) is 0 Å². The summed E-state index contributed by atoms with van der Waals surface area (Å²) in [5.74, 6) is 1.50. The van der Waals surface area contributed by atoms with E-state index in [1.165, 1.54) is 35.1 Å². The molecule has 0 spiro atoms. The fourth-order valence-corrected chi connectivity index (χ4v) is 2.46. The number of nitrogens with one attached hydrogen (secondary N) is 1. The minimum absolute atomic E-state index is 0.704. The Bertz CT molecular complexity index is 566. The lowest BCUT2D eigenvalue weighted by atomic mass is 9.98.